The highest BCUT2D eigenvalue weighted by Crippen LogP contribution is 2.26. The average Bonchev–Trinajstić information content (AvgIpc) is 2.47. The number of nitrogens with one attached hydrogen (secondary N) is 1. The molecule has 2 heterocycles. The Balaban J connectivity index is 2.12. The molecule has 104 valence electrons. The number of thiocarbonyl (C=S) groups is 1. The Morgan fingerprint density at radius 3 is 2.76 bits per heavy atom. The van der Waals surface area contributed by atoms with Gasteiger partial charge in [0, 0.05) is 23.5 Å². The van der Waals surface area contributed by atoms with Crippen molar-refractivity contribution in [2.75, 3.05) is 5.32 Å². The highest BCUT2D eigenvalue weighted by Gasteiger charge is 2.11. The molecule has 5 heteroatoms. The molecule has 0 amide bonds. The van der Waals surface area contributed by atoms with Gasteiger partial charge in [-0.2, -0.15) is 0 Å². The molecule has 0 unspecified atom stereocenters. The third-order valence-electron chi connectivity index (χ3n) is 3.30. The molecule has 21 heavy (non-hydrogen) atoms. The third kappa shape index (κ3) is 2.55. The first kappa shape index (κ1) is 13.5. The number of aryl methyl sites for hydroxylation is 1. The van der Waals surface area contributed by atoms with Crippen LogP contribution in [0.1, 0.15) is 11.1 Å². The van der Waals surface area contributed by atoms with Gasteiger partial charge in [0.15, 0.2) is 0 Å². The second-order valence-electron chi connectivity index (χ2n) is 4.72. The van der Waals surface area contributed by atoms with Crippen molar-refractivity contribution in [1.82, 2.24) is 9.97 Å². The third-order valence-corrected chi connectivity index (χ3v) is 3.51. The fraction of sp³-hybridized carbons (Fsp3) is 0.0625. The van der Waals surface area contributed by atoms with Gasteiger partial charge in [0.25, 0.3) is 0 Å². The number of anilines is 2. The van der Waals surface area contributed by atoms with Crippen molar-refractivity contribution in [2.24, 2.45) is 5.73 Å². The Labute approximate surface area is 128 Å². The van der Waals surface area contributed by atoms with E-state index in [0.717, 1.165) is 27.7 Å². The molecule has 1 aromatic carbocycles. The lowest BCUT2D eigenvalue weighted by Crippen LogP contribution is -2.14. The molecule has 0 fully saturated rings. The van der Waals surface area contributed by atoms with Gasteiger partial charge in [0.1, 0.15) is 10.8 Å². The molecule has 0 bridgehead atoms. The number of pyridine rings is 2. The van der Waals surface area contributed by atoms with Gasteiger partial charge in [-0.3, -0.25) is 4.98 Å². The first-order valence-electron chi connectivity index (χ1n) is 6.53. The van der Waals surface area contributed by atoms with Crippen LogP contribution >= 0.6 is 12.2 Å². The number of fused-ring (bicyclic) bond motifs is 1. The molecule has 3 aromatic rings. The second kappa shape index (κ2) is 5.46. The maximum absolute atomic E-state index is 5.82. The maximum Gasteiger partial charge on any atom is 0.140 e. The van der Waals surface area contributed by atoms with Crippen LogP contribution in [0.2, 0.25) is 0 Å². The summed E-state index contributed by atoms with van der Waals surface area (Å²) in [5.41, 5.74) is 9.44. The summed E-state index contributed by atoms with van der Waals surface area (Å²) in [6.07, 6.45) is 3.51. The number of hydrogen-bond acceptors (Lipinski definition) is 4. The largest absolute Gasteiger partial charge is 0.389 e. The fourth-order valence-electron chi connectivity index (χ4n) is 2.30. The molecule has 0 radical (unpaired) electrons. The molecule has 4 nitrogen and oxygen atoms in total. The number of hydrogen-bond donors (Lipinski definition) is 2. The Morgan fingerprint density at radius 1 is 1.10 bits per heavy atom. The van der Waals surface area contributed by atoms with Gasteiger partial charge >= 0.3 is 0 Å². The number of nitrogens with zero attached hydrogens (tertiary/aromatic N) is 2. The van der Waals surface area contributed by atoms with Gasteiger partial charge in [-0.15, -0.1) is 0 Å². The van der Waals surface area contributed by atoms with E-state index in [1.165, 1.54) is 0 Å². The molecule has 0 spiro atoms. The topological polar surface area (TPSA) is 63.8 Å². The van der Waals surface area contributed by atoms with E-state index in [1.54, 1.807) is 12.4 Å². The van der Waals surface area contributed by atoms with E-state index in [0.29, 0.717) is 10.8 Å². The Bertz CT molecular complexity index is 824. The number of aromatic nitrogens is 2. The predicted molar refractivity (Wildman–Crippen MR) is 89.9 cm³/mol. The molecule has 0 atom stereocenters. The summed E-state index contributed by atoms with van der Waals surface area (Å²) in [6.45, 7) is 1.96. The molecule has 3 rings (SSSR count). The standard InChI is InChI=1S/C16H14N4S/c1-10-7-9-19-16(14(10)15(17)21)20-13-6-2-5-12-11(13)4-3-8-18-12/h2-9H,1H3,(H2,17,21)(H,19,20). The molecule has 0 aliphatic heterocycles. The van der Waals surface area contributed by atoms with Gasteiger partial charge in [-0.1, -0.05) is 18.3 Å². The number of nitrogens with two attached hydrogens (primary N) is 1. The first-order chi connectivity index (χ1) is 10.2. The van der Waals surface area contributed by atoms with Gasteiger partial charge in [-0.25, -0.2) is 4.98 Å². The normalized spacial score (nSPS) is 10.5. The van der Waals surface area contributed by atoms with Crippen molar-refractivity contribution in [1.29, 1.82) is 0 Å². The van der Waals surface area contributed by atoms with Crippen LogP contribution in [0, 0.1) is 6.92 Å². The van der Waals surface area contributed by atoms with Crippen molar-refractivity contribution >= 4 is 39.6 Å². The molecule has 0 aliphatic carbocycles. The molecule has 0 aliphatic rings. The van der Waals surface area contributed by atoms with E-state index in [1.807, 2.05) is 43.3 Å². The molecule has 2 aromatic heterocycles. The Hall–Kier alpha value is -2.53. The van der Waals surface area contributed by atoms with Crippen LogP contribution < -0.4 is 11.1 Å². The minimum absolute atomic E-state index is 0.335. The van der Waals surface area contributed by atoms with Crippen LogP contribution in [0.15, 0.2) is 48.8 Å². The lowest BCUT2D eigenvalue weighted by atomic mass is 10.1. The van der Waals surface area contributed by atoms with E-state index < -0.39 is 0 Å². The highest BCUT2D eigenvalue weighted by atomic mass is 32.1. The minimum Gasteiger partial charge on any atom is -0.389 e. The van der Waals surface area contributed by atoms with E-state index in [2.05, 4.69) is 15.3 Å². The number of rotatable bonds is 3. The summed E-state index contributed by atoms with van der Waals surface area (Å²) in [4.78, 5) is 9.05. The summed E-state index contributed by atoms with van der Waals surface area (Å²) in [5, 5.41) is 4.34. The van der Waals surface area contributed by atoms with Crippen molar-refractivity contribution in [3.63, 3.8) is 0 Å². The maximum atomic E-state index is 5.82. The lowest BCUT2D eigenvalue weighted by Gasteiger charge is -2.13. The van der Waals surface area contributed by atoms with Crippen LogP contribution in [0.5, 0.6) is 0 Å². The van der Waals surface area contributed by atoms with Crippen LogP contribution in [-0.2, 0) is 0 Å². The average molecular weight is 294 g/mol. The minimum atomic E-state index is 0.335. The smallest absolute Gasteiger partial charge is 0.140 e. The van der Waals surface area contributed by atoms with Crippen LogP contribution in [0.25, 0.3) is 10.9 Å². The van der Waals surface area contributed by atoms with Crippen LogP contribution in [-0.4, -0.2) is 15.0 Å². The van der Waals surface area contributed by atoms with E-state index in [4.69, 9.17) is 18.0 Å². The van der Waals surface area contributed by atoms with Crippen LogP contribution in [0.3, 0.4) is 0 Å². The van der Waals surface area contributed by atoms with Crippen LogP contribution in [0.4, 0.5) is 11.5 Å². The summed E-state index contributed by atoms with van der Waals surface area (Å²) in [6, 6.07) is 11.7. The number of benzene rings is 1. The predicted octanol–water partition coefficient (Wildman–Crippen LogP) is 3.32. The van der Waals surface area contributed by atoms with Crippen molar-refractivity contribution in [3.8, 4) is 0 Å². The molecular weight excluding hydrogens is 280 g/mol. The summed E-state index contributed by atoms with van der Waals surface area (Å²) in [7, 11) is 0. The fourth-order valence-corrected chi connectivity index (χ4v) is 2.56. The molecular formula is C16H14N4S. The summed E-state index contributed by atoms with van der Waals surface area (Å²) >= 11 is 5.13. The van der Waals surface area contributed by atoms with Gasteiger partial charge in [-0.05, 0) is 42.8 Å². The highest BCUT2D eigenvalue weighted by molar-refractivity contribution is 7.80. The molecule has 3 N–H and O–H groups in total. The Morgan fingerprint density at radius 2 is 1.95 bits per heavy atom. The Kier molecular flexibility index (Phi) is 3.50. The molecule has 0 saturated carbocycles. The SMILES string of the molecule is Cc1ccnc(Nc2cccc3ncccc23)c1C(N)=S. The summed E-state index contributed by atoms with van der Waals surface area (Å²) in [5.74, 6) is 0.666. The van der Waals surface area contributed by atoms with E-state index in [-0.39, 0.29) is 0 Å². The van der Waals surface area contributed by atoms with Gasteiger partial charge < -0.3 is 11.1 Å². The van der Waals surface area contributed by atoms with E-state index >= 15 is 0 Å². The van der Waals surface area contributed by atoms with E-state index in [9.17, 15) is 0 Å². The lowest BCUT2D eigenvalue weighted by molar-refractivity contribution is 1.26. The van der Waals surface area contributed by atoms with Gasteiger partial charge in [0.05, 0.1) is 11.1 Å². The zero-order chi connectivity index (χ0) is 14.8. The first-order valence-corrected chi connectivity index (χ1v) is 6.94. The zero-order valence-corrected chi connectivity index (χ0v) is 12.3. The monoisotopic (exact) mass is 294 g/mol. The van der Waals surface area contributed by atoms with Crippen molar-refractivity contribution < 1.29 is 0 Å². The van der Waals surface area contributed by atoms with Crippen molar-refractivity contribution in [3.05, 3.63) is 59.9 Å². The molecule has 0 saturated heterocycles. The van der Waals surface area contributed by atoms with Gasteiger partial charge in [0.2, 0.25) is 0 Å². The summed E-state index contributed by atoms with van der Waals surface area (Å²) < 4.78 is 0. The second-order valence-corrected chi connectivity index (χ2v) is 5.16. The quantitative estimate of drug-likeness (QED) is 0.726. The van der Waals surface area contributed by atoms with Crippen molar-refractivity contribution in [2.45, 2.75) is 6.92 Å². The zero-order valence-electron chi connectivity index (χ0n) is 11.5.